The second-order valence-electron chi connectivity index (χ2n) is 28.5. The minimum Gasteiger partial charge on any atom is -0.310 e. The quantitative estimate of drug-likeness (QED) is 0.127. The first-order chi connectivity index (χ1) is 60.7. The van der Waals surface area contributed by atoms with Gasteiger partial charge in [-0.05, 0) is 173 Å². The summed E-state index contributed by atoms with van der Waals surface area (Å²) in [5.41, 5.74) is 21.5. The molecule has 0 bridgehead atoms. The summed E-state index contributed by atoms with van der Waals surface area (Å²) in [4.78, 5) is 3.91. The topological polar surface area (TPSA) is 13.1 Å². The normalized spacial score (nSPS) is 15.8. The predicted octanol–water partition coefficient (Wildman–Crippen LogP) is 24.4. The van der Waals surface area contributed by atoms with Crippen molar-refractivity contribution in [3.63, 3.8) is 0 Å². The van der Waals surface area contributed by atoms with Crippen LogP contribution in [0.4, 0.5) is 17.1 Å². The van der Waals surface area contributed by atoms with Gasteiger partial charge in [0.25, 0.3) is 0 Å². The first-order valence-corrected chi connectivity index (χ1v) is 37.4. The van der Waals surface area contributed by atoms with E-state index in [1.54, 1.807) is 9.13 Å². The van der Waals surface area contributed by atoms with Crippen molar-refractivity contribution in [2.75, 3.05) is 4.90 Å². The smallest absolute Gasteiger partial charge is 0.249 e. The Morgan fingerprint density at radius 3 is 1.14 bits per heavy atom. The van der Waals surface area contributed by atoms with E-state index in [0.29, 0.717) is 22.0 Å². The minimum atomic E-state index is -0.842. The zero-order valence-corrected chi connectivity index (χ0v) is 59.0. The first kappa shape index (κ1) is 47.9. The molecule has 506 valence electrons. The largest absolute Gasteiger partial charge is 0.310 e. The summed E-state index contributed by atoms with van der Waals surface area (Å²) in [5, 5.41) is -0.253. The molecule has 2 aliphatic heterocycles. The standard InChI is InChI=1S/C104H66BN3S/c1-6-29-67(30-7-1)70-63-98-101-100(64-70)109-99-66-76(107-95-51-26-20-43-85(95)86-44-21-27-52-96(86)107)56-60-92(99)105(101)91-59-55-75(106-93-49-24-18-41-83(93)84-42-19-25-50-94(84)106)65-97(91)108(98)102-77(68-53-57-81-79-39-16-22-47-87(79)103(89(81)61-68,71-31-8-2-9-32-71)72-33-10-3-11-34-72)45-28-46-78(102)69-54-58-82-80-40-17-23-48-88(80)104(90(82)62-69,73-35-12-4-13-36-73)74-37-14-5-15-38-74/h1-66H/i18D,19D,20D,21D,24D,25D,26D,27D,41D,42D,43D,44D,49D,50D,51D,52D. The molecule has 3 nitrogen and oxygen atoms in total. The maximum Gasteiger partial charge on any atom is 0.249 e. The van der Waals surface area contributed by atoms with Crippen LogP contribution in [0.15, 0.2) is 410 Å². The maximum absolute atomic E-state index is 9.97. The van der Waals surface area contributed by atoms with Crippen LogP contribution < -0.4 is 21.3 Å². The summed E-state index contributed by atoms with van der Waals surface area (Å²) >= 11 is 1.51. The molecule has 23 rings (SSSR count). The maximum atomic E-state index is 9.97. The second-order valence-corrected chi connectivity index (χ2v) is 29.5. The first-order valence-electron chi connectivity index (χ1n) is 44.6. The summed E-state index contributed by atoms with van der Waals surface area (Å²) < 4.78 is 154. The SMILES string of the molecule is [2H]c1c([2H])c([2H])c2c(c1[2H])c1c([2H])c([2H])c([2H])c([2H])c1n2-c1ccc2c(c1)Sc1cc(-c3ccccc3)cc3c1B2c1ccc(-n2c4c([2H])c([2H])c([2H])c([2H])c4c4c([2H])c([2H])c([2H])c([2H])c42)cc1N3c1c(-c2ccc3c(c2)C(c2ccccc2)(c2ccccc2)c2ccccc2-3)cccc1-c1ccc2c(c1)C(c1ccccc1)(c1ccccc1)c1ccccc1-2. The van der Waals surface area contributed by atoms with Crippen LogP contribution in [0.1, 0.15) is 66.4 Å². The second kappa shape index (κ2) is 24.0. The van der Waals surface area contributed by atoms with Crippen molar-refractivity contribution in [1.29, 1.82) is 0 Å². The third-order valence-corrected chi connectivity index (χ3v) is 24.4. The summed E-state index contributed by atoms with van der Waals surface area (Å²) in [6.45, 7) is -0.682. The van der Waals surface area contributed by atoms with E-state index in [1.807, 2.05) is 54.6 Å². The number of fused-ring (bicyclic) bond motifs is 16. The molecule has 109 heavy (non-hydrogen) atoms. The summed E-state index contributed by atoms with van der Waals surface area (Å²) in [7, 11) is 0. The van der Waals surface area contributed by atoms with Gasteiger partial charge in [-0.2, -0.15) is 0 Å². The van der Waals surface area contributed by atoms with Crippen molar-refractivity contribution in [2.45, 2.75) is 20.6 Å². The fourth-order valence-electron chi connectivity index (χ4n) is 18.9. The lowest BCUT2D eigenvalue weighted by Crippen LogP contribution is -2.60. The monoisotopic (exact) mass is 1420 g/mol. The van der Waals surface area contributed by atoms with Crippen molar-refractivity contribution >= 4 is 95.5 Å². The van der Waals surface area contributed by atoms with E-state index in [0.717, 1.165) is 133 Å². The molecule has 2 aliphatic carbocycles. The minimum absolute atomic E-state index is 0.0225. The van der Waals surface area contributed by atoms with Crippen LogP contribution >= 0.6 is 11.8 Å². The van der Waals surface area contributed by atoms with Crippen LogP contribution in [0.25, 0.3) is 111 Å². The Labute approximate surface area is 660 Å². The predicted molar refractivity (Wildman–Crippen MR) is 456 cm³/mol. The Balaban J connectivity index is 0.870. The Morgan fingerprint density at radius 2 is 0.670 bits per heavy atom. The van der Waals surface area contributed by atoms with E-state index in [9.17, 15) is 16.4 Å². The van der Waals surface area contributed by atoms with Crippen molar-refractivity contribution in [1.82, 2.24) is 9.13 Å². The molecule has 17 aromatic carbocycles. The van der Waals surface area contributed by atoms with Crippen molar-refractivity contribution < 1.29 is 21.9 Å². The number of rotatable bonds is 10. The van der Waals surface area contributed by atoms with E-state index < -0.39 is 114 Å². The number of nitrogens with zero attached hydrogens (tertiary/aromatic N) is 3. The molecule has 4 heterocycles. The van der Waals surface area contributed by atoms with Gasteiger partial charge in [-0.3, -0.25) is 0 Å². The molecule has 5 heteroatoms. The van der Waals surface area contributed by atoms with Crippen LogP contribution in [0.5, 0.6) is 0 Å². The summed E-state index contributed by atoms with van der Waals surface area (Å²) in [6, 6.07) is 98.7. The van der Waals surface area contributed by atoms with E-state index >= 15 is 0 Å². The highest BCUT2D eigenvalue weighted by Crippen LogP contribution is 2.61. The molecule has 2 aromatic heterocycles. The number of hydrogen-bond donors (Lipinski definition) is 0. The van der Waals surface area contributed by atoms with Crippen molar-refractivity contribution in [2.24, 2.45) is 0 Å². The molecule has 19 aromatic rings. The highest BCUT2D eigenvalue weighted by Gasteiger charge is 2.49. The zero-order chi connectivity index (χ0) is 85.4. The van der Waals surface area contributed by atoms with Gasteiger partial charge in [-0.1, -0.05) is 345 Å². The van der Waals surface area contributed by atoms with E-state index in [1.165, 1.54) is 11.8 Å². The van der Waals surface area contributed by atoms with Crippen LogP contribution in [-0.2, 0) is 10.8 Å². The summed E-state index contributed by atoms with van der Waals surface area (Å²) in [5.74, 6) is 0. The van der Waals surface area contributed by atoms with Gasteiger partial charge >= 0.3 is 0 Å². The van der Waals surface area contributed by atoms with Crippen molar-refractivity contribution in [3.05, 3.63) is 445 Å². The molecule has 0 unspecified atom stereocenters. The van der Waals surface area contributed by atoms with Crippen LogP contribution in [0.2, 0.25) is 0 Å². The molecule has 0 spiro atoms. The Bertz CT molecular complexity index is 7550. The lowest BCUT2D eigenvalue weighted by molar-refractivity contribution is 0.768. The average Bonchev–Trinajstić information content (AvgIpc) is 1.61. The van der Waals surface area contributed by atoms with Gasteiger partial charge in [0.2, 0.25) is 6.71 Å². The molecular formula is C104H66BN3S. The number of hydrogen-bond acceptors (Lipinski definition) is 2. The zero-order valence-electron chi connectivity index (χ0n) is 74.2. The number of anilines is 3. The number of aromatic nitrogens is 2. The van der Waals surface area contributed by atoms with Crippen molar-refractivity contribution in [3.8, 4) is 67.0 Å². The lowest BCUT2D eigenvalue weighted by Gasteiger charge is -2.42. The van der Waals surface area contributed by atoms with Gasteiger partial charge < -0.3 is 14.0 Å². The molecule has 0 amide bonds. The molecule has 0 N–H and O–H groups in total. The number of para-hydroxylation sites is 5. The molecule has 4 aliphatic rings. The van der Waals surface area contributed by atoms with Gasteiger partial charge in [0.15, 0.2) is 0 Å². The highest BCUT2D eigenvalue weighted by atomic mass is 32.2. The Morgan fingerprint density at radius 1 is 0.275 bits per heavy atom. The van der Waals surface area contributed by atoms with Gasteiger partial charge in [-0.25, -0.2) is 0 Å². The van der Waals surface area contributed by atoms with Gasteiger partial charge in [0.05, 0.1) is 60.5 Å². The van der Waals surface area contributed by atoms with E-state index in [2.05, 4.69) is 254 Å². The number of benzene rings is 17. The molecule has 0 atom stereocenters. The molecular weight excluding hydrogens is 1330 g/mol. The van der Waals surface area contributed by atoms with Crippen LogP contribution in [-0.4, -0.2) is 15.8 Å². The molecule has 0 saturated heterocycles. The lowest BCUT2D eigenvalue weighted by atomic mass is 9.34. The van der Waals surface area contributed by atoms with Crippen LogP contribution in [0.3, 0.4) is 0 Å². The average molecular weight is 1420 g/mol. The van der Waals surface area contributed by atoms with E-state index in [4.69, 9.17) is 5.48 Å². The molecule has 0 radical (unpaired) electrons. The van der Waals surface area contributed by atoms with Crippen LogP contribution in [0, 0.1) is 0 Å². The third-order valence-electron chi connectivity index (χ3n) is 23.2. The fourth-order valence-corrected chi connectivity index (χ4v) is 20.1. The summed E-state index contributed by atoms with van der Waals surface area (Å²) in [6.07, 6.45) is 0. The van der Waals surface area contributed by atoms with Gasteiger partial charge in [-0.15, -0.1) is 0 Å². The third kappa shape index (κ3) is 8.85. The van der Waals surface area contributed by atoms with Gasteiger partial charge in [0, 0.05) is 65.2 Å². The molecule has 0 saturated carbocycles. The Kier molecular flexibility index (Phi) is 10.6. The van der Waals surface area contributed by atoms with E-state index in [-0.39, 0.29) is 43.6 Å². The van der Waals surface area contributed by atoms with Gasteiger partial charge in [0.1, 0.15) is 0 Å². The fraction of sp³-hybridized carbons (Fsp3) is 0.0192. The Hall–Kier alpha value is -13.4. The molecule has 0 fully saturated rings. The highest BCUT2D eigenvalue weighted by molar-refractivity contribution is 8.00.